The van der Waals surface area contributed by atoms with Crippen LogP contribution in [0.3, 0.4) is 0 Å². The number of methoxy groups -OCH3 is 1. The number of hydrogen-bond donors (Lipinski definition) is 1. The lowest BCUT2D eigenvalue weighted by Gasteiger charge is -2.08. The molecule has 1 atom stereocenters. The molecular formula is C15H17N3O4S. The smallest absolute Gasteiger partial charge is 0.311 e. The van der Waals surface area contributed by atoms with E-state index in [0.29, 0.717) is 23.8 Å². The fraction of sp³-hybridized carbons (Fsp3) is 0.267. The fourth-order valence-electron chi connectivity index (χ4n) is 1.95. The van der Waals surface area contributed by atoms with Crippen LogP contribution in [-0.4, -0.2) is 33.6 Å². The Bertz CT molecular complexity index is 709. The third kappa shape index (κ3) is 5.11. The molecule has 0 saturated carbocycles. The van der Waals surface area contributed by atoms with Gasteiger partial charge >= 0.3 is 5.69 Å². The normalized spacial score (nSPS) is 11.9. The number of pyridine rings is 1. The van der Waals surface area contributed by atoms with E-state index in [1.807, 2.05) is 12.1 Å². The van der Waals surface area contributed by atoms with Gasteiger partial charge in [0.25, 0.3) is 0 Å². The molecule has 0 saturated heterocycles. The molecule has 122 valence electrons. The molecule has 0 amide bonds. The summed E-state index contributed by atoms with van der Waals surface area (Å²) in [5, 5.41) is 13.9. The van der Waals surface area contributed by atoms with Crippen LogP contribution in [0.4, 0.5) is 17.2 Å². The van der Waals surface area contributed by atoms with E-state index in [1.54, 1.807) is 19.2 Å². The van der Waals surface area contributed by atoms with Gasteiger partial charge in [0.1, 0.15) is 0 Å². The van der Waals surface area contributed by atoms with Gasteiger partial charge in [-0.1, -0.05) is 12.1 Å². The van der Waals surface area contributed by atoms with E-state index in [-0.39, 0.29) is 11.5 Å². The second-order valence-electron chi connectivity index (χ2n) is 4.73. The maximum Gasteiger partial charge on any atom is 0.311 e. The molecule has 1 aromatic heterocycles. The largest absolute Gasteiger partial charge is 0.384 e. The molecule has 7 nitrogen and oxygen atoms in total. The number of aromatic nitrogens is 1. The molecule has 1 aromatic carbocycles. The minimum Gasteiger partial charge on any atom is -0.384 e. The van der Waals surface area contributed by atoms with Gasteiger partial charge in [0.15, 0.2) is 0 Å². The average Bonchev–Trinajstić information content (AvgIpc) is 2.53. The Morgan fingerprint density at radius 3 is 2.91 bits per heavy atom. The molecule has 1 unspecified atom stereocenters. The molecule has 0 aliphatic heterocycles. The topological polar surface area (TPSA) is 94.4 Å². The molecule has 2 aromatic rings. The van der Waals surface area contributed by atoms with Crippen LogP contribution in [0, 0.1) is 10.1 Å². The summed E-state index contributed by atoms with van der Waals surface area (Å²) in [4.78, 5) is 14.5. The molecule has 1 heterocycles. The zero-order chi connectivity index (χ0) is 16.7. The summed E-state index contributed by atoms with van der Waals surface area (Å²) < 4.78 is 16.8. The van der Waals surface area contributed by atoms with E-state index in [4.69, 9.17) is 4.74 Å². The summed E-state index contributed by atoms with van der Waals surface area (Å²) >= 11 is 0. The van der Waals surface area contributed by atoms with Gasteiger partial charge in [-0.05, 0) is 23.8 Å². The van der Waals surface area contributed by atoms with E-state index in [9.17, 15) is 14.3 Å². The summed E-state index contributed by atoms with van der Waals surface area (Å²) in [6, 6.07) is 10.2. The van der Waals surface area contributed by atoms with Gasteiger partial charge in [0.05, 0.1) is 11.5 Å². The zero-order valence-corrected chi connectivity index (χ0v) is 13.4. The number of rotatable bonds is 8. The molecule has 1 N–H and O–H groups in total. The summed E-state index contributed by atoms with van der Waals surface area (Å²) in [6.07, 6.45) is 1.49. The molecule has 0 bridgehead atoms. The van der Waals surface area contributed by atoms with Crippen molar-refractivity contribution in [3.8, 4) is 0 Å². The lowest BCUT2D eigenvalue weighted by molar-refractivity contribution is -0.384. The predicted octanol–water partition coefficient (Wildman–Crippen LogP) is 2.63. The van der Waals surface area contributed by atoms with Crippen molar-refractivity contribution in [1.29, 1.82) is 0 Å². The first kappa shape index (κ1) is 17.0. The number of nitrogens with zero attached hydrogens (tertiary/aromatic N) is 2. The molecule has 0 aliphatic rings. The third-order valence-electron chi connectivity index (χ3n) is 3.02. The van der Waals surface area contributed by atoms with Gasteiger partial charge in [0, 0.05) is 47.4 Å². The second-order valence-corrected chi connectivity index (χ2v) is 6.31. The van der Waals surface area contributed by atoms with Crippen LogP contribution in [0.15, 0.2) is 42.6 Å². The maximum absolute atomic E-state index is 11.9. The van der Waals surface area contributed by atoms with Crippen LogP contribution in [0.1, 0.15) is 5.56 Å². The van der Waals surface area contributed by atoms with Crippen molar-refractivity contribution in [2.24, 2.45) is 0 Å². The molecule has 0 fully saturated rings. The van der Waals surface area contributed by atoms with Crippen LogP contribution in [0.5, 0.6) is 0 Å². The third-order valence-corrected chi connectivity index (χ3v) is 4.29. The highest BCUT2D eigenvalue weighted by atomic mass is 32.2. The van der Waals surface area contributed by atoms with Gasteiger partial charge in [-0.15, -0.1) is 0 Å². The number of hydrogen-bond acceptors (Lipinski definition) is 6. The molecule has 23 heavy (non-hydrogen) atoms. The van der Waals surface area contributed by atoms with Crippen LogP contribution in [0.2, 0.25) is 0 Å². The van der Waals surface area contributed by atoms with Gasteiger partial charge in [-0.25, -0.2) is 4.98 Å². The second kappa shape index (κ2) is 8.35. The molecule has 0 radical (unpaired) electrons. The molecule has 2 rings (SSSR count). The average molecular weight is 335 g/mol. The van der Waals surface area contributed by atoms with Crippen molar-refractivity contribution in [3.63, 3.8) is 0 Å². The quantitative estimate of drug-likeness (QED) is 0.588. The highest BCUT2D eigenvalue weighted by Crippen LogP contribution is 2.25. The van der Waals surface area contributed by atoms with Crippen molar-refractivity contribution in [2.45, 2.75) is 5.75 Å². The number of ether oxygens (including phenoxy) is 1. The van der Waals surface area contributed by atoms with Gasteiger partial charge < -0.3 is 10.1 Å². The van der Waals surface area contributed by atoms with E-state index < -0.39 is 15.7 Å². The summed E-state index contributed by atoms with van der Waals surface area (Å²) in [6.45, 7) is 0.449. The monoisotopic (exact) mass is 335 g/mol. The Labute approximate surface area is 136 Å². The van der Waals surface area contributed by atoms with Gasteiger partial charge in [-0.2, -0.15) is 0 Å². The summed E-state index contributed by atoms with van der Waals surface area (Å²) in [5.41, 5.74) is 1.44. The fourth-order valence-corrected chi connectivity index (χ4v) is 3.00. The number of nitro groups is 1. The van der Waals surface area contributed by atoms with E-state index in [0.717, 1.165) is 5.56 Å². The lowest BCUT2D eigenvalue weighted by Crippen LogP contribution is -2.06. The summed E-state index contributed by atoms with van der Waals surface area (Å²) in [5.74, 6) is 1.05. The van der Waals surface area contributed by atoms with Crippen molar-refractivity contribution < 1.29 is 13.9 Å². The zero-order valence-electron chi connectivity index (χ0n) is 12.6. The van der Waals surface area contributed by atoms with Gasteiger partial charge in [0.2, 0.25) is 5.82 Å². The van der Waals surface area contributed by atoms with Crippen molar-refractivity contribution in [2.75, 3.05) is 24.8 Å². The highest BCUT2D eigenvalue weighted by Gasteiger charge is 2.14. The Hall–Kier alpha value is -2.32. The Kier molecular flexibility index (Phi) is 6.19. The van der Waals surface area contributed by atoms with E-state index in [1.165, 1.54) is 18.3 Å². The maximum atomic E-state index is 11.9. The van der Waals surface area contributed by atoms with Gasteiger partial charge in [-0.3, -0.25) is 14.3 Å². The highest BCUT2D eigenvalue weighted by molar-refractivity contribution is 7.84. The molecule has 0 spiro atoms. The predicted molar refractivity (Wildman–Crippen MR) is 89.2 cm³/mol. The number of nitrogens with one attached hydrogen (secondary N) is 1. The molecule has 8 heteroatoms. The van der Waals surface area contributed by atoms with E-state index in [2.05, 4.69) is 10.3 Å². The lowest BCUT2D eigenvalue weighted by atomic mass is 10.2. The number of benzene rings is 1. The van der Waals surface area contributed by atoms with E-state index >= 15 is 0 Å². The van der Waals surface area contributed by atoms with Crippen LogP contribution < -0.4 is 5.32 Å². The summed E-state index contributed by atoms with van der Waals surface area (Å²) in [7, 11) is 0.557. The SMILES string of the molecule is COCCS(=O)Cc1cccc(Nc2ncccc2[N+](=O)[O-])c1. The number of anilines is 2. The van der Waals surface area contributed by atoms with Crippen LogP contribution in [0.25, 0.3) is 0 Å². The first-order valence-corrected chi connectivity index (χ1v) is 8.38. The molecule has 0 aliphatic carbocycles. The van der Waals surface area contributed by atoms with Crippen molar-refractivity contribution >= 4 is 28.0 Å². The first-order valence-electron chi connectivity index (χ1n) is 6.89. The van der Waals surface area contributed by atoms with Crippen LogP contribution in [-0.2, 0) is 21.3 Å². The standard InChI is InChI=1S/C15H17N3O4S/c1-22-8-9-23(21)11-12-4-2-5-13(10-12)17-15-14(18(19)20)6-3-7-16-15/h2-7,10H,8-9,11H2,1H3,(H,16,17). The van der Waals surface area contributed by atoms with Crippen molar-refractivity contribution in [3.05, 3.63) is 58.3 Å². The molecular weight excluding hydrogens is 318 g/mol. The minimum atomic E-state index is -1.01. The van der Waals surface area contributed by atoms with Crippen molar-refractivity contribution in [1.82, 2.24) is 4.98 Å². The first-order chi connectivity index (χ1) is 11.1. The Morgan fingerprint density at radius 2 is 2.17 bits per heavy atom. The minimum absolute atomic E-state index is 0.0958. The Balaban J connectivity index is 2.11. The Morgan fingerprint density at radius 1 is 1.35 bits per heavy atom. The van der Waals surface area contributed by atoms with Crippen LogP contribution >= 0.6 is 0 Å².